The maximum atomic E-state index is 12.6. The molecule has 1 fully saturated rings. The number of anilines is 2. The molecule has 1 spiro atoms. The Morgan fingerprint density at radius 1 is 0.974 bits per heavy atom. The zero-order valence-electron chi connectivity index (χ0n) is 22.8. The first-order valence-electron chi connectivity index (χ1n) is 13.7. The number of carbonyl (C=O) groups excluding carboxylic acids is 2. The maximum absolute atomic E-state index is 12.6. The van der Waals surface area contributed by atoms with Gasteiger partial charge in [0.2, 0.25) is 5.91 Å². The number of carbonyl (C=O) groups is 2. The first kappa shape index (κ1) is 26.1. The lowest BCUT2D eigenvalue weighted by molar-refractivity contribution is -0.134. The number of fused-ring (bicyclic) bond motifs is 2. The number of piperidine rings is 1. The van der Waals surface area contributed by atoms with Crippen LogP contribution in [0.15, 0.2) is 73.1 Å². The zero-order chi connectivity index (χ0) is 26.7. The van der Waals surface area contributed by atoms with E-state index in [0.717, 1.165) is 50.0 Å². The molecular formula is C32H38N4O2. The lowest BCUT2D eigenvalue weighted by Gasteiger charge is -2.42. The summed E-state index contributed by atoms with van der Waals surface area (Å²) in [5.41, 5.74) is 6.11. The Labute approximate surface area is 226 Å². The standard InChI is InChI=1S/C32H38N4O2/c1-24(31(38)34(2)3)35-19-16-32(17-20-35)23-36(30-9-5-4-8-29(30)32)27-13-10-25(11-14-27)21-28(37)15-12-26-7-6-18-33-22-26/h4-11,13-14,18,22,24H,12,15-17,19-21,23H2,1-3H3. The molecule has 2 aliphatic heterocycles. The summed E-state index contributed by atoms with van der Waals surface area (Å²) in [5, 5.41) is 0. The molecule has 1 atom stereocenters. The second kappa shape index (κ2) is 11.1. The Morgan fingerprint density at radius 3 is 2.39 bits per heavy atom. The van der Waals surface area contributed by atoms with Crippen molar-refractivity contribution in [2.45, 2.75) is 50.5 Å². The minimum Gasteiger partial charge on any atom is -0.347 e. The smallest absolute Gasteiger partial charge is 0.239 e. The lowest BCUT2D eigenvalue weighted by atomic mass is 9.74. The topological polar surface area (TPSA) is 56.8 Å². The largest absolute Gasteiger partial charge is 0.347 e. The van der Waals surface area contributed by atoms with Gasteiger partial charge in [0.05, 0.1) is 6.04 Å². The van der Waals surface area contributed by atoms with E-state index < -0.39 is 0 Å². The second-order valence-corrected chi connectivity index (χ2v) is 11.1. The van der Waals surface area contributed by atoms with Crippen molar-refractivity contribution in [3.8, 4) is 0 Å². The van der Waals surface area contributed by atoms with Crippen LogP contribution >= 0.6 is 0 Å². The fourth-order valence-corrected chi connectivity index (χ4v) is 6.10. The van der Waals surface area contributed by atoms with Crippen LogP contribution in [0.2, 0.25) is 0 Å². The van der Waals surface area contributed by atoms with Gasteiger partial charge in [-0.05, 0) is 80.2 Å². The van der Waals surface area contributed by atoms with Crippen LogP contribution < -0.4 is 4.90 Å². The first-order valence-corrected chi connectivity index (χ1v) is 13.7. The highest BCUT2D eigenvalue weighted by Crippen LogP contribution is 2.49. The molecule has 0 bridgehead atoms. The maximum Gasteiger partial charge on any atom is 0.239 e. The van der Waals surface area contributed by atoms with Crippen molar-refractivity contribution >= 4 is 23.1 Å². The van der Waals surface area contributed by atoms with Crippen LogP contribution in [0.3, 0.4) is 0 Å². The molecule has 5 rings (SSSR count). The molecule has 2 aliphatic rings. The van der Waals surface area contributed by atoms with Crippen molar-refractivity contribution < 1.29 is 9.59 Å². The molecule has 0 radical (unpaired) electrons. The number of likely N-dealkylation sites (N-methyl/N-ethyl adjacent to an activating group) is 1. The molecule has 6 nitrogen and oxygen atoms in total. The summed E-state index contributed by atoms with van der Waals surface area (Å²) in [5.74, 6) is 0.422. The number of ketones is 1. The number of benzene rings is 2. The van der Waals surface area contributed by atoms with Gasteiger partial charge in [-0.3, -0.25) is 19.5 Å². The SMILES string of the molecule is CC(C(=O)N(C)C)N1CCC2(CC1)CN(c1ccc(CC(=O)CCc3cccnc3)cc1)c1ccccc12. The van der Waals surface area contributed by atoms with E-state index in [-0.39, 0.29) is 23.1 Å². The van der Waals surface area contributed by atoms with Gasteiger partial charge in [-0.2, -0.15) is 0 Å². The minimum atomic E-state index is -0.0882. The fraction of sp³-hybridized carbons (Fsp3) is 0.406. The molecule has 198 valence electrons. The number of pyridine rings is 1. The van der Waals surface area contributed by atoms with Crippen LogP contribution in [0.1, 0.15) is 42.9 Å². The number of Topliss-reactive ketones (excluding diaryl/α,β-unsaturated/α-hetero) is 1. The van der Waals surface area contributed by atoms with E-state index in [1.165, 1.54) is 16.9 Å². The molecule has 2 aromatic carbocycles. The third-order valence-electron chi connectivity index (χ3n) is 8.39. The highest BCUT2D eigenvalue weighted by Gasteiger charge is 2.45. The normalized spacial score (nSPS) is 17.3. The quantitative estimate of drug-likeness (QED) is 0.436. The second-order valence-electron chi connectivity index (χ2n) is 11.1. The van der Waals surface area contributed by atoms with E-state index in [0.29, 0.717) is 12.8 Å². The molecule has 3 heterocycles. The predicted molar refractivity (Wildman–Crippen MR) is 152 cm³/mol. The molecule has 1 unspecified atom stereocenters. The number of hydrogen-bond donors (Lipinski definition) is 0. The lowest BCUT2D eigenvalue weighted by Crippen LogP contribution is -2.51. The predicted octanol–water partition coefficient (Wildman–Crippen LogP) is 4.79. The van der Waals surface area contributed by atoms with Crippen LogP contribution in [0.5, 0.6) is 0 Å². The number of amides is 1. The first-order chi connectivity index (χ1) is 18.4. The van der Waals surface area contributed by atoms with E-state index >= 15 is 0 Å². The average molecular weight is 511 g/mol. The number of likely N-dealkylation sites (tertiary alicyclic amines) is 1. The molecule has 3 aromatic rings. The van der Waals surface area contributed by atoms with E-state index in [9.17, 15) is 9.59 Å². The minimum absolute atomic E-state index is 0.0882. The highest BCUT2D eigenvalue weighted by molar-refractivity contribution is 5.82. The third kappa shape index (κ3) is 5.37. The summed E-state index contributed by atoms with van der Waals surface area (Å²) in [6, 6.07) is 21.1. The van der Waals surface area contributed by atoms with Crippen LogP contribution in [0.25, 0.3) is 0 Å². The third-order valence-corrected chi connectivity index (χ3v) is 8.39. The molecule has 1 aromatic heterocycles. The Morgan fingerprint density at radius 2 is 1.71 bits per heavy atom. The number of rotatable bonds is 8. The van der Waals surface area contributed by atoms with Crippen molar-refractivity contribution in [1.29, 1.82) is 0 Å². The van der Waals surface area contributed by atoms with Crippen molar-refractivity contribution in [3.63, 3.8) is 0 Å². The van der Waals surface area contributed by atoms with Gasteiger partial charge in [0, 0.05) is 62.7 Å². The molecule has 6 heteroatoms. The number of para-hydroxylation sites is 1. The summed E-state index contributed by atoms with van der Waals surface area (Å²) in [6.45, 7) is 4.81. The van der Waals surface area contributed by atoms with E-state index in [2.05, 4.69) is 63.3 Å². The summed E-state index contributed by atoms with van der Waals surface area (Å²) in [4.78, 5) is 35.7. The Bertz CT molecular complexity index is 1260. The molecular weight excluding hydrogens is 472 g/mol. The van der Waals surface area contributed by atoms with Gasteiger partial charge in [0.25, 0.3) is 0 Å². The molecule has 38 heavy (non-hydrogen) atoms. The van der Waals surface area contributed by atoms with Crippen molar-refractivity contribution in [2.24, 2.45) is 0 Å². The fourth-order valence-electron chi connectivity index (χ4n) is 6.10. The van der Waals surface area contributed by atoms with E-state index in [1.807, 2.05) is 39.3 Å². The summed E-state index contributed by atoms with van der Waals surface area (Å²) < 4.78 is 0. The van der Waals surface area contributed by atoms with Gasteiger partial charge >= 0.3 is 0 Å². The molecule has 0 saturated carbocycles. The average Bonchev–Trinajstić information content (AvgIpc) is 3.26. The molecule has 1 saturated heterocycles. The van der Waals surface area contributed by atoms with Gasteiger partial charge in [-0.25, -0.2) is 0 Å². The Balaban J connectivity index is 1.25. The van der Waals surface area contributed by atoms with Crippen molar-refractivity contribution in [1.82, 2.24) is 14.8 Å². The molecule has 1 amide bonds. The van der Waals surface area contributed by atoms with Gasteiger partial charge in [-0.1, -0.05) is 36.4 Å². The summed E-state index contributed by atoms with van der Waals surface area (Å²) in [6.07, 6.45) is 7.38. The van der Waals surface area contributed by atoms with Gasteiger partial charge in [0.15, 0.2) is 0 Å². The zero-order valence-corrected chi connectivity index (χ0v) is 22.8. The monoisotopic (exact) mass is 510 g/mol. The number of aromatic nitrogens is 1. The van der Waals surface area contributed by atoms with Gasteiger partial charge < -0.3 is 9.80 Å². The molecule has 0 N–H and O–H groups in total. The van der Waals surface area contributed by atoms with Crippen LogP contribution in [-0.4, -0.2) is 66.2 Å². The summed E-state index contributed by atoms with van der Waals surface area (Å²) in [7, 11) is 3.66. The van der Waals surface area contributed by atoms with Gasteiger partial charge in [-0.15, -0.1) is 0 Å². The van der Waals surface area contributed by atoms with Crippen LogP contribution in [0, 0.1) is 0 Å². The van der Waals surface area contributed by atoms with Crippen LogP contribution in [-0.2, 0) is 27.8 Å². The number of aryl methyl sites for hydroxylation is 1. The Kier molecular flexibility index (Phi) is 7.61. The van der Waals surface area contributed by atoms with E-state index in [1.54, 1.807) is 11.1 Å². The van der Waals surface area contributed by atoms with Gasteiger partial charge in [0.1, 0.15) is 5.78 Å². The van der Waals surface area contributed by atoms with Crippen LogP contribution in [0.4, 0.5) is 11.4 Å². The highest BCUT2D eigenvalue weighted by atomic mass is 16.2. The van der Waals surface area contributed by atoms with Crippen molar-refractivity contribution in [2.75, 3.05) is 38.6 Å². The van der Waals surface area contributed by atoms with Crippen molar-refractivity contribution in [3.05, 3.63) is 89.7 Å². The number of hydrogen-bond acceptors (Lipinski definition) is 5. The summed E-state index contributed by atoms with van der Waals surface area (Å²) >= 11 is 0. The molecule has 0 aliphatic carbocycles. The van der Waals surface area contributed by atoms with E-state index in [4.69, 9.17) is 0 Å². The Hall–Kier alpha value is -3.51. The number of nitrogens with zero attached hydrogens (tertiary/aromatic N) is 4.